The van der Waals surface area contributed by atoms with E-state index in [1.165, 1.54) is 22.3 Å². The molecule has 0 saturated carbocycles. The number of carboxylic acid groups (broad SMARTS) is 1. The summed E-state index contributed by atoms with van der Waals surface area (Å²) in [5, 5.41) is 15.1. The maximum Gasteiger partial charge on any atom is 0.407 e. The highest BCUT2D eigenvalue weighted by molar-refractivity contribution is 8.00. The van der Waals surface area contributed by atoms with E-state index in [4.69, 9.17) is 38.1 Å². The zero-order valence-corrected chi connectivity index (χ0v) is 37.2. The third kappa shape index (κ3) is 17.4. The van der Waals surface area contributed by atoms with Crippen LogP contribution in [0.2, 0.25) is 32.2 Å². The minimum absolute atomic E-state index is 0.0346. The maximum atomic E-state index is 12.4. The molecular formula is C40H60N6O9SSi2. The first kappa shape index (κ1) is 47.3. The summed E-state index contributed by atoms with van der Waals surface area (Å²) < 4.78 is 39.8. The Bertz CT molecular complexity index is 1660. The summed E-state index contributed by atoms with van der Waals surface area (Å²) in [6.07, 6.45) is 3.49. The second-order valence-electron chi connectivity index (χ2n) is 14.9. The van der Waals surface area contributed by atoms with E-state index < -0.39 is 22.7 Å². The van der Waals surface area contributed by atoms with Crippen LogP contribution in [-0.2, 0) is 39.1 Å². The number of hydrogen-bond acceptors (Lipinski definition) is 12. The number of benzene rings is 2. The largest absolute Gasteiger partial charge is 0.465 e. The standard InChI is InChI=1S/C40H60N6O9SSi2/c1-57(2,27-9-15-46(40(47)48)30-38-36-12-7-5-10-34(36)35-11-6-8-13-37(35)38)55-58(3,4)32-56-39-42-28-33(29-43-39)31-54-26-25-53-24-23-52-22-21-51-20-19-50-18-17-49-16-14-44-45-41/h5-8,10-13,28-29,38H,9,14-27,30-32H2,1-4H3,(H,47,48). The molecule has 0 spiro atoms. The van der Waals surface area contributed by atoms with Crippen LogP contribution in [0.3, 0.4) is 0 Å². The topological polar surface area (TPSA) is 180 Å². The Hall–Kier alpha value is -3.40. The van der Waals surface area contributed by atoms with Crippen LogP contribution >= 0.6 is 11.8 Å². The van der Waals surface area contributed by atoms with E-state index in [0.29, 0.717) is 104 Å². The Morgan fingerprint density at radius 1 is 0.776 bits per heavy atom. The molecule has 318 valence electrons. The number of carbonyl (C=O) groups is 1. The predicted octanol–water partition coefficient (Wildman–Crippen LogP) is 7.63. The molecule has 1 aliphatic rings. The average Bonchev–Trinajstić information content (AvgIpc) is 3.52. The lowest BCUT2D eigenvalue weighted by molar-refractivity contribution is -0.0174. The molecule has 15 nitrogen and oxygen atoms in total. The molecular weight excluding hydrogens is 797 g/mol. The molecule has 1 heterocycles. The van der Waals surface area contributed by atoms with Gasteiger partial charge in [0.2, 0.25) is 0 Å². The quantitative estimate of drug-likeness (QED) is 0.0127. The number of fused-ring (bicyclic) bond motifs is 3. The Kier molecular flexibility index (Phi) is 21.2. The molecule has 0 fully saturated rings. The van der Waals surface area contributed by atoms with E-state index in [1.54, 1.807) is 29.1 Å². The van der Waals surface area contributed by atoms with Crippen molar-refractivity contribution in [3.8, 4) is 11.1 Å². The van der Waals surface area contributed by atoms with Gasteiger partial charge in [-0.05, 0) is 66.4 Å². The van der Waals surface area contributed by atoms with Crippen LogP contribution < -0.4 is 0 Å². The lowest BCUT2D eigenvalue weighted by atomic mass is 9.96. The normalized spacial score (nSPS) is 12.6. The van der Waals surface area contributed by atoms with Gasteiger partial charge in [0.05, 0.1) is 79.3 Å². The highest BCUT2D eigenvalue weighted by atomic mass is 32.2. The van der Waals surface area contributed by atoms with Crippen molar-refractivity contribution in [3.05, 3.63) is 88.1 Å². The number of ether oxygens (including phenoxy) is 6. The number of thioether (sulfide) groups is 1. The molecule has 2 aromatic carbocycles. The molecule has 4 rings (SSSR count). The van der Waals surface area contributed by atoms with Gasteiger partial charge in [0.25, 0.3) is 0 Å². The van der Waals surface area contributed by atoms with Crippen molar-refractivity contribution in [2.45, 2.75) is 56.3 Å². The van der Waals surface area contributed by atoms with E-state index in [9.17, 15) is 9.90 Å². The fraction of sp³-hybridized carbons (Fsp3) is 0.575. The molecule has 0 aliphatic heterocycles. The molecule has 0 radical (unpaired) electrons. The average molecular weight is 857 g/mol. The van der Waals surface area contributed by atoms with Crippen LogP contribution in [0.25, 0.3) is 21.6 Å². The minimum Gasteiger partial charge on any atom is -0.465 e. The molecule has 0 unspecified atom stereocenters. The van der Waals surface area contributed by atoms with E-state index in [0.717, 1.165) is 23.4 Å². The van der Waals surface area contributed by atoms with Crippen LogP contribution in [-0.4, -0.2) is 140 Å². The van der Waals surface area contributed by atoms with Crippen molar-refractivity contribution in [3.63, 3.8) is 0 Å². The number of hydrogen-bond donors (Lipinski definition) is 1. The van der Waals surface area contributed by atoms with Gasteiger partial charge in [-0.25, -0.2) is 14.8 Å². The van der Waals surface area contributed by atoms with Crippen LogP contribution in [0.4, 0.5) is 4.79 Å². The van der Waals surface area contributed by atoms with Gasteiger partial charge >= 0.3 is 6.09 Å². The Balaban J connectivity index is 1.02. The second-order valence-corrected chi connectivity index (χ2v) is 25.1. The molecule has 0 bridgehead atoms. The fourth-order valence-corrected chi connectivity index (χ4v) is 17.0. The van der Waals surface area contributed by atoms with E-state index in [1.807, 2.05) is 24.3 Å². The Morgan fingerprint density at radius 3 is 1.79 bits per heavy atom. The number of amides is 1. The molecule has 0 saturated heterocycles. The van der Waals surface area contributed by atoms with Gasteiger partial charge < -0.3 is 42.5 Å². The van der Waals surface area contributed by atoms with Gasteiger partial charge in [-0.1, -0.05) is 65.4 Å². The highest BCUT2D eigenvalue weighted by Gasteiger charge is 2.34. The number of nitrogens with zero attached hydrogens (tertiary/aromatic N) is 6. The van der Waals surface area contributed by atoms with Crippen molar-refractivity contribution < 1.29 is 42.4 Å². The number of rotatable bonds is 31. The fourth-order valence-electron chi connectivity index (χ4n) is 6.64. The van der Waals surface area contributed by atoms with Crippen molar-refractivity contribution in [1.82, 2.24) is 14.9 Å². The molecule has 3 aromatic rings. The van der Waals surface area contributed by atoms with Crippen LogP contribution in [0.1, 0.15) is 29.0 Å². The third-order valence-electron chi connectivity index (χ3n) is 9.15. The third-order valence-corrected chi connectivity index (χ3v) is 19.0. The zero-order valence-electron chi connectivity index (χ0n) is 34.4. The summed E-state index contributed by atoms with van der Waals surface area (Å²) in [6.45, 7) is 15.7. The smallest absolute Gasteiger partial charge is 0.407 e. The molecule has 0 atom stereocenters. The maximum absolute atomic E-state index is 12.4. The summed E-state index contributed by atoms with van der Waals surface area (Å²) in [7, 11) is -4.12. The Morgan fingerprint density at radius 2 is 1.28 bits per heavy atom. The molecule has 1 amide bonds. The zero-order chi connectivity index (χ0) is 41.5. The van der Waals surface area contributed by atoms with Gasteiger partial charge in [0.15, 0.2) is 21.8 Å². The molecule has 1 N–H and O–H groups in total. The summed E-state index contributed by atoms with van der Waals surface area (Å²) in [6, 6.07) is 17.6. The van der Waals surface area contributed by atoms with Gasteiger partial charge in [-0.3, -0.25) is 0 Å². The highest BCUT2D eigenvalue weighted by Crippen LogP contribution is 2.44. The second kappa shape index (κ2) is 26.0. The summed E-state index contributed by atoms with van der Waals surface area (Å²) in [5.74, 6) is 0.0346. The van der Waals surface area contributed by atoms with Crippen LogP contribution in [0.5, 0.6) is 0 Å². The first-order valence-electron chi connectivity index (χ1n) is 19.9. The van der Waals surface area contributed by atoms with Gasteiger partial charge in [0, 0.05) is 53.8 Å². The molecule has 58 heavy (non-hydrogen) atoms. The van der Waals surface area contributed by atoms with Gasteiger partial charge in [-0.2, -0.15) is 0 Å². The monoisotopic (exact) mass is 856 g/mol. The lowest BCUT2D eigenvalue weighted by Gasteiger charge is -2.34. The first-order chi connectivity index (χ1) is 28.1. The minimum atomic E-state index is -2.06. The predicted molar refractivity (Wildman–Crippen MR) is 229 cm³/mol. The van der Waals surface area contributed by atoms with Crippen LogP contribution in [0.15, 0.2) is 71.2 Å². The molecule has 1 aromatic heterocycles. The van der Waals surface area contributed by atoms with E-state index >= 15 is 0 Å². The SMILES string of the molecule is C[Si](C)(CCCN(CC1c2ccccc2-c2ccccc21)C(=O)O)O[Si](C)(C)CSc1ncc(COCCOCCOCCOCCOCCOCCN=[N+]=[N-])cn1. The van der Waals surface area contributed by atoms with Crippen molar-refractivity contribution >= 4 is 34.5 Å². The van der Waals surface area contributed by atoms with Crippen LogP contribution in [0, 0.1) is 0 Å². The number of azide groups is 1. The first-order valence-corrected chi connectivity index (χ1v) is 27.1. The van der Waals surface area contributed by atoms with Crippen molar-refractivity contribution in [1.29, 1.82) is 0 Å². The summed E-state index contributed by atoms with van der Waals surface area (Å²) >= 11 is 1.62. The van der Waals surface area contributed by atoms with Crippen molar-refractivity contribution in [2.75, 3.05) is 97.7 Å². The van der Waals surface area contributed by atoms with Gasteiger partial charge in [0.1, 0.15) is 0 Å². The van der Waals surface area contributed by atoms with Crippen molar-refractivity contribution in [2.24, 2.45) is 5.11 Å². The number of aromatic nitrogens is 2. The molecule has 1 aliphatic carbocycles. The summed E-state index contributed by atoms with van der Waals surface area (Å²) in [4.78, 5) is 25.7. The molecule has 18 heteroatoms. The Labute approximate surface area is 349 Å². The lowest BCUT2D eigenvalue weighted by Crippen LogP contribution is -2.46. The summed E-state index contributed by atoms with van der Waals surface area (Å²) in [5.41, 5.74) is 13.9. The van der Waals surface area contributed by atoms with Gasteiger partial charge in [-0.15, -0.1) is 0 Å². The van der Waals surface area contributed by atoms with E-state index in [-0.39, 0.29) is 5.92 Å². The van der Waals surface area contributed by atoms with E-state index in [2.05, 4.69) is 70.4 Å².